The Bertz CT molecular complexity index is 754. The van der Waals surface area contributed by atoms with Crippen LogP contribution in [0.5, 0.6) is 0 Å². The number of hydrogen-bond acceptors (Lipinski definition) is 8. The van der Waals surface area contributed by atoms with Gasteiger partial charge in [0.15, 0.2) is 6.10 Å². The topological polar surface area (TPSA) is 99.2 Å². The molecule has 2 bridgehead atoms. The molecule has 0 saturated carbocycles. The third-order valence-electron chi connectivity index (χ3n) is 5.48. The van der Waals surface area contributed by atoms with Gasteiger partial charge in [0.05, 0.1) is 0 Å². The Morgan fingerprint density at radius 2 is 2.03 bits per heavy atom. The van der Waals surface area contributed by atoms with Crippen LogP contribution in [0.1, 0.15) is 40.5 Å². The molecule has 2 heterocycles. The van der Waals surface area contributed by atoms with Gasteiger partial charge < -0.3 is 19.1 Å². The minimum Gasteiger partial charge on any atom is -0.458 e. The van der Waals surface area contributed by atoms with E-state index in [-0.39, 0.29) is 24.4 Å². The Kier molecular flexibility index (Phi) is 7.35. The van der Waals surface area contributed by atoms with Crippen LogP contribution in [-0.4, -0.2) is 67.0 Å². The molecular formula is C21H29NO7. The highest BCUT2D eigenvalue weighted by Gasteiger charge is 2.45. The molecule has 8 nitrogen and oxygen atoms in total. The van der Waals surface area contributed by atoms with E-state index in [1.807, 2.05) is 11.9 Å². The molecule has 2 rings (SSSR count). The first-order valence-corrected chi connectivity index (χ1v) is 9.73. The Morgan fingerprint density at radius 3 is 2.66 bits per heavy atom. The smallest absolute Gasteiger partial charge is 0.350 e. The van der Waals surface area contributed by atoms with E-state index in [1.54, 1.807) is 26.0 Å². The summed E-state index contributed by atoms with van der Waals surface area (Å²) in [5, 5.41) is 0. The van der Waals surface area contributed by atoms with Gasteiger partial charge in [-0.05, 0) is 27.3 Å². The molecule has 2 aliphatic heterocycles. The highest BCUT2D eigenvalue weighted by molar-refractivity contribution is 6.01. The lowest BCUT2D eigenvalue weighted by molar-refractivity contribution is -0.185. The van der Waals surface area contributed by atoms with E-state index in [1.165, 1.54) is 13.8 Å². The number of ether oxygens (including phenoxy) is 3. The second kappa shape index (κ2) is 9.35. The summed E-state index contributed by atoms with van der Waals surface area (Å²) in [4.78, 5) is 52.1. The van der Waals surface area contributed by atoms with E-state index in [0.717, 1.165) is 0 Å². The molecule has 160 valence electrons. The Labute approximate surface area is 170 Å². The first-order valence-electron chi connectivity index (χ1n) is 9.73. The number of hydrogen-bond donors (Lipinski definition) is 0. The first-order chi connectivity index (χ1) is 13.6. The van der Waals surface area contributed by atoms with Gasteiger partial charge in [0, 0.05) is 43.5 Å². The molecule has 8 heteroatoms. The fourth-order valence-corrected chi connectivity index (χ4v) is 3.35. The summed E-state index contributed by atoms with van der Waals surface area (Å²) in [7, 11) is 1.88. The Morgan fingerprint density at radius 1 is 1.34 bits per heavy atom. The van der Waals surface area contributed by atoms with E-state index in [0.29, 0.717) is 25.1 Å². The predicted molar refractivity (Wildman–Crippen MR) is 104 cm³/mol. The number of esters is 3. The van der Waals surface area contributed by atoms with Gasteiger partial charge in [0.1, 0.15) is 6.61 Å². The van der Waals surface area contributed by atoms with Crippen molar-refractivity contribution in [1.82, 2.24) is 4.90 Å². The molecule has 29 heavy (non-hydrogen) atoms. The van der Waals surface area contributed by atoms with Crippen molar-refractivity contribution in [3.8, 4) is 0 Å². The summed E-state index contributed by atoms with van der Waals surface area (Å²) in [5.74, 6) is -2.95. The van der Waals surface area contributed by atoms with Gasteiger partial charge in [-0.3, -0.25) is 9.59 Å². The van der Waals surface area contributed by atoms with E-state index in [2.05, 4.69) is 0 Å². The van der Waals surface area contributed by atoms with Crippen LogP contribution in [0.2, 0.25) is 0 Å². The third kappa shape index (κ3) is 5.32. The van der Waals surface area contributed by atoms with Crippen LogP contribution in [-0.2, 0) is 33.4 Å². The summed E-state index contributed by atoms with van der Waals surface area (Å²) in [6, 6.07) is 0. The number of rotatable bonds is 1. The molecule has 0 amide bonds. The number of carbonyl (C=O) groups is 4. The van der Waals surface area contributed by atoms with Crippen LogP contribution in [0, 0.1) is 5.92 Å². The number of Topliss-reactive ketones (excluding diaryl/α,β-unsaturated/α-hetero) is 1. The number of cyclic esters (lactones) is 1. The van der Waals surface area contributed by atoms with E-state index in [4.69, 9.17) is 14.2 Å². The zero-order valence-electron chi connectivity index (χ0n) is 17.6. The molecule has 1 saturated heterocycles. The van der Waals surface area contributed by atoms with Crippen molar-refractivity contribution in [3.05, 3.63) is 23.3 Å². The van der Waals surface area contributed by atoms with Crippen LogP contribution in [0.4, 0.5) is 0 Å². The van der Waals surface area contributed by atoms with Crippen LogP contribution >= 0.6 is 0 Å². The third-order valence-corrected chi connectivity index (χ3v) is 5.48. The normalized spacial score (nSPS) is 31.4. The average Bonchev–Trinajstić information content (AvgIpc) is 2.65. The summed E-state index contributed by atoms with van der Waals surface area (Å²) in [6.45, 7) is 6.83. The lowest BCUT2D eigenvalue weighted by Gasteiger charge is -2.34. The highest BCUT2D eigenvalue weighted by Crippen LogP contribution is 2.31. The van der Waals surface area contributed by atoms with Gasteiger partial charge in [0.2, 0.25) is 11.4 Å². The lowest BCUT2D eigenvalue weighted by Crippen LogP contribution is -2.48. The minimum atomic E-state index is -1.61. The second-order valence-electron chi connectivity index (χ2n) is 7.73. The molecule has 3 atom stereocenters. The van der Waals surface area contributed by atoms with Crippen molar-refractivity contribution in [2.75, 3.05) is 26.7 Å². The molecule has 0 unspecified atom stereocenters. The molecule has 2 aliphatic rings. The fourth-order valence-electron chi connectivity index (χ4n) is 3.35. The van der Waals surface area contributed by atoms with Crippen LogP contribution in [0.3, 0.4) is 0 Å². The van der Waals surface area contributed by atoms with Crippen LogP contribution in [0.15, 0.2) is 23.3 Å². The molecular weight excluding hydrogens is 378 g/mol. The molecule has 1 fully saturated rings. The summed E-state index contributed by atoms with van der Waals surface area (Å²) in [6.07, 6.45) is 2.78. The lowest BCUT2D eigenvalue weighted by atomic mass is 9.84. The standard InChI is InChI=1S/C21H29NO7/c1-6-15-11-13(2)21(4,29-14(3)23)20(26)27-12-16-7-9-22(5)10-8-17(18(16)24)28-19(15)25/h6-7,13,17H,8-12H2,1-5H3/b15-6-,16-7?/t13-,17+,21-/m0/s1. The second-order valence-corrected chi connectivity index (χ2v) is 7.73. The van der Waals surface area contributed by atoms with Gasteiger partial charge in [-0.15, -0.1) is 0 Å². The fraction of sp³-hybridized carbons (Fsp3) is 0.619. The van der Waals surface area contributed by atoms with Crippen LogP contribution < -0.4 is 0 Å². The summed E-state index contributed by atoms with van der Waals surface area (Å²) in [5.41, 5.74) is -1.05. The van der Waals surface area contributed by atoms with Crippen molar-refractivity contribution >= 4 is 23.7 Å². The van der Waals surface area contributed by atoms with Crippen molar-refractivity contribution in [1.29, 1.82) is 0 Å². The Balaban J connectivity index is 2.48. The monoisotopic (exact) mass is 407 g/mol. The Hall–Kier alpha value is -2.48. The molecule has 0 N–H and O–H groups in total. The van der Waals surface area contributed by atoms with E-state index in [9.17, 15) is 19.2 Å². The maximum absolute atomic E-state index is 12.9. The summed E-state index contributed by atoms with van der Waals surface area (Å²) < 4.78 is 16.3. The van der Waals surface area contributed by atoms with Gasteiger partial charge >= 0.3 is 17.9 Å². The molecule has 0 aromatic rings. The largest absolute Gasteiger partial charge is 0.458 e. The molecule has 0 radical (unpaired) electrons. The first kappa shape index (κ1) is 22.8. The van der Waals surface area contributed by atoms with Crippen molar-refractivity contribution < 1.29 is 33.4 Å². The van der Waals surface area contributed by atoms with E-state index >= 15 is 0 Å². The SMILES string of the molecule is C/C=C1/C[C@H](C)[C@](C)(OC(C)=O)C(=O)OCC2=CCN(C)CC[C@@H](OC1=O)C2=O. The van der Waals surface area contributed by atoms with Crippen LogP contribution in [0.25, 0.3) is 0 Å². The molecule has 0 aliphatic carbocycles. The highest BCUT2D eigenvalue weighted by atomic mass is 16.6. The molecule has 0 spiro atoms. The zero-order valence-corrected chi connectivity index (χ0v) is 17.6. The maximum atomic E-state index is 12.9. The van der Waals surface area contributed by atoms with Gasteiger partial charge in [-0.1, -0.05) is 19.1 Å². The quantitative estimate of drug-likeness (QED) is 0.367. The number of fused-ring (bicyclic) bond motifs is 2. The molecule has 0 aromatic heterocycles. The number of likely N-dealkylation sites (N-methyl/N-ethyl adjacent to an activating group) is 1. The zero-order chi connectivity index (χ0) is 21.8. The number of allylic oxidation sites excluding steroid dienone is 1. The molecule has 0 aromatic carbocycles. The number of nitrogens with zero attached hydrogens (tertiary/aromatic N) is 1. The summed E-state index contributed by atoms with van der Waals surface area (Å²) >= 11 is 0. The average molecular weight is 407 g/mol. The van der Waals surface area contributed by atoms with Gasteiger partial charge in [0.25, 0.3) is 0 Å². The van der Waals surface area contributed by atoms with Gasteiger partial charge in [-0.2, -0.15) is 0 Å². The number of ketones is 1. The van der Waals surface area contributed by atoms with E-state index < -0.39 is 35.5 Å². The van der Waals surface area contributed by atoms with Crippen molar-refractivity contribution in [2.24, 2.45) is 5.92 Å². The number of carbonyl (C=O) groups excluding carboxylic acids is 4. The van der Waals surface area contributed by atoms with Gasteiger partial charge in [-0.25, -0.2) is 9.59 Å². The maximum Gasteiger partial charge on any atom is 0.350 e. The minimum absolute atomic E-state index is 0.123. The van der Waals surface area contributed by atoms with Crippen molar-refractivity contribution in [2.45, 2.75) is 52.2 Å². The van der Waals surface area contributed by atoms with Crippen molar-refractivity contribution in [3.63, 3.8) is 0 Å². The predicted octanol–water partition coefficient (Wildman–Crippen LogP) is 1.58.